The second-order valence-corrected chi connectivity index (χ2v) is 5.92. The van der Waals surface area contributed by atoms with Gasteiger partial charge < -0.3 is 15.2 Å². The Hall–Kier alpha value is -0.780. The SMILES string of the molecule is O=C(CC[C@H]1CCOC1)Nc1c(O)cc(Br)cc1Cl. The second kappa shape index (κ2) is 6.59. The van der Waals surface area contributed by atoms with Gasteiger partial charge in [0.15, 0.2) is 0 Å². The van der Waals surface area contributed by atoms with Gasteiger partial charge in [-0.25, -0.2) is 0 Å². The number of ether oxygens (including phenoxy) is 1. The molecule has 2 N–H and O–H groups in total. The van der Waals surface area contributed by atoms with Crippen molar-refractivity contribution in [2.24, 2.45) is 5.92 Å². The van der Waals surface area contributed by atoms with Gasteiger partial charge in [-0.1, -0.05) is 27.5 Å². The minimum atomic E-state index is -0.147. The van der Waals surface area contributed by atoms with Gasteiger partial charge in [0, 0.05) is 24.1 Å². The molecule has 0 unspecified atom stereocenters. The maximum atomic E-state index is 11.8. The number of nitrogens with one attached hydrogen (secondary N) is 1. The number of hydrogen-bond acceptors (Lipinski definition) is 3. The standard InChI is InChI=1S/C13H15BrClNO3/c14-9-5-10(15)13(11(17)6-9)16-12(18)2-1-8-3-4-19-7-8/h5-6,8,17H,1-4,7H2,(H,16,18)/t8-/m0/s1. The van der Waals surface area contributed by atoms with Crippen molar-refractivity contribution in [1.82, 2.24) is 0 Å². The van der Waals surface area contributed by atoms with Gasteiger partial charge in [-0.2, -0.15) is 0 Å². The number of anilines is 1. The molecule has 1 amide bonds. The fourth-order valence-electron chi connectivity index (χ4n) is 2.03. The highest BCUT2D eigenvalue weighted by atomic mass is 79.9. The molecule has 0 saturated carbocycles. The first-order valence-corrected chi connectivity index (χ1v) is 7.29. The summed E-state index contributed by atoms with van der Waals surface area (Å²) in [6.45, 7) is 1.52. The molecule has 1 aromatic carbocycles. The van der Waals surface area contributed by atoms with Gasteiger partial charge in [0.05, 0.1) is 5.02 Å². The number of aromatic hydroxyl groups is 1. The molecule has 104 valence electrons. The molecule has 0 bridgehead atoms. The average molecular weight is 349 g/mol. The minimum Gasteiger partial charge on any atom is -0.506 e. The van der Waals surface area contributed by atoms with Crippen LogP contribution >= 0.6 is 27.5 Å². The van der Waals surface area contributed by atoms with Crippen LogP contribution in [0.4, 0.5) is 5.69 Å². The van der Waals surface area contributed by atoms with E-state index >= 15 is 0 Å². The van der Waals surface area contributed by atoms with Crippen LogP contribution in [0.5, 0.6) is 5.75 Å². The number of phenolic OH excluding ortho intramolecular Hbond substituents is 1. The number of hydrogen-bond donors (Lipinski definition) is 2. The largest absolute Gasteiger partial charge is 0.506 e. The lowest BCUT2D eigenvalue weighted by Gasteiger charge is -2.11. The summed E-state index contributed by atoms with van der Waals surface area (Å²) in [5.41, 5.74) is 0.262. The molecule has 1 atom stereocenters. The summed E-state index contributed by atoms with van der Waals surface area (Å²) < 4.78 is 5.92. The van der Waals surface area contributed by atoms with Gasteiger partial charge in [0.25, 0.3) is 0 Å². The Balaban J connectivity index is 1.91. The normalized spacial score (nSPS) is 18.5. The molecular weight excluding hydrogens is 334 g/mol. The van der Waals surface area contributed by atoms with E-state index in [0.29, 0.717) is 21.8 Å². The molecule has 2 rings (SSSR count). The van der Waals surface area contributed by atoms with E-state index in [1.807, 2.05) is 0 Å². The Morgan fingerprint density at radius 3 is 3.00 bits per heavy atom. The maximum Gasteiger partial charge on any atom is 0.224 e. The third kappa shape index (κ3) is 4.09. The number of rotatable bonds is 4. The third-order valence-corrected chi connectivity index (χ3v) is 3.86. The van der Waals surface area contributed by atoms with Gasteiger partial charge in [-0.15, -0.1) is 0 Å². The molecule has 1 aromatic rings. The number of phenols is 1. The zero-order valence-corrected chi connectivity index (χ0v) is 12.6. The van der Waals surface area contributed by atoms with Crippen molar-refractivity contribution in [2.75, 3.05) is 18.5 Å². The fraction of sp³-hybridized carbons (Fsp3) is 0.462. The second-order valence-electron chi connectivity index (χ2n) is 4.60. The minimum absolute atomic E-state index is 0.0445. The third-order valence-electron chi connectivity index (χ3n) is 3.10. The number of carbonyl (C=O) groups is 1. The quantitative estimate of drug-likeness (QED) is 0.818. The first kappa shape index (κ1) is 14.6. The predicted octanol–water partition coefficient (Wildman–Crippen LogP) is 3.56. The van der Waals surface area contributed by atoms with Crippen molar-refractivity contribution in [3.05, 3.63) is 21.6 Å². The Morgan fingerprint density at radius 1 is 1.58 bits per heavy atom. The van der Waals surface area contributed by atoms with Crippen molar-refractivity contribution in [1.29, 1.82) is 0 Å². The molecule has 0 aromatic heterocycles. The molecule has 6 heteroatoms. The highest BCUT2D eigenvalue weighted by Crippen LogP contribution is 2.35. The molecule has 1 aliphatic heterocycles. The first-order chi connectivity index (χ1) is 9.06. The summed E-state index contributed by atoms with van der Waals surface area (Å²) in [5.74, 6) is 0.267. The summed E-state index contributed by atoms with van der Waals surface area (Å²) >= 11 is 9.20. The Bertz CT molecular complexity index is 452. The maximum absolute atomic E-state index is 11.8. The lowest BCUT2D eigenvalue weighted by atomic mass is 10.0. The lowest BCUT2D eigenvalue weighted by Crippen LogP contribution is -2.14. The molecule has 0 radical (unpaired) electrons. The highest BCUT2D eigenvalue weighted by molar-refractivity contribution is 9.10. The van der Waals surface area contributed by atoms with E-state index in [1.165, 1.54) is 6.07 Å². The van der Waals surface area contributed by atoms with E-state index in [1.54, 1.807) is 6.07 Å². The van der Waals surface area contributed by atoms with Crippen LogP contribution in [0, 0.1) is 5.92 Å². The molecule has 19 heavy (non-hydrogen) atoms. The molecule has 1 saturated heterocycles. The van der Waals surface area contributed by atoms with E-state index in [4.69, 9.17) is 16.3 Å². The average Bonchev–Trinajstić information content (AvgIpc) is 2.84. The summed E-state index contributed by atoms with van der Waals surface area (Å²) in [4.78, 5) is 11.8. The first-order valence-electron chi connectivity index (χ1n) is 6.12. The van der Waals surface area contributed by atoms with Gasteiger partial charge in [-0.05, 0) is 30.9 Å². The van der Waals surface area contributed by atoms with Crippen molar-refractivity contribution >= 4 is 39.1 Å². The van der Waals surface area contributed by atoms with Crippen LogP contribution in [-0.2, 0) is 9.53 Å². The zero-order chi connectivity index (χ0) is 13.8. The summed E-state index contributed by atoms with van der Waals surface area (Å²) in [5, 5.41) is 12.7. The predicted molar refractivity (Wildman–Crippen MR) is 77.6 cm³/mol. The Labute approximate surface area is 125 Å². The lowest BCUT2D eigenvalue weighted by molar-refractivity contribution is -0.116. The molecule has 0 aliphatic carbocycles. The van der Waals surface area contributed by atoms with Gasteiger partial charge >= 0.3 is 0 Å². The van der Waals surface area contributed by atoms with Crippen LogP contribution in [0.15, 0.2) is 16.6 Å². The Kier molecular flexibility index (Phi) is 5.07. The van der Waals surface area contributed by atoms with Crippen LogP contribution in [0.3, 0.4) is 0 Å². The summed E-state index contributed by atoms with van der Waals surface area (Å²) in [7, 11) is 0. The van der Waals surface area contributed by atoms with E-state index < -0.39 is 0 Å². The van der Waals surface area contributed by atoms with Crippen molar-refractivity contribution in [3.63, 3.8) is 0 Å². The smallest absolute Gasteiger partial charge is 0.224 e. The van der Waals surface area contributed by atoms with Gasteiger partial charge in [-0.3, -0.25) is 4.79 Å². The van der Waals surface area contributed by atoms with Crippen LogP contribution in [0.1, 0.15) is 19.3 Å². The van der Waals surface area contributed by atoms with Crippen molar-refractivity contribution < 1.29 is 14.6 Å². The van der Waals surface area contributed by atoms with Crippen molar-refractivity contribution in [3.8, 4) is 5.75 Å². The van der Waals surface area contributed by atoms with E-state index in [0.717, 1.165) is 26.1 Å². The molecule has 0 spiro atoms. The van der Waals surface area contributed by atoms with Crippen molar-refractivity contribution in [2.45, 2.75) is 19.3 Å². The van der Waals surface area contributed by atoms with E-state index in [9.17, 15) is 9.90 Å². The van der Waals surface area contributed by atoms with E-state index in [2.05, 4.69) is 21.2 Å². The fourth-order valence-corrected chi connectivity index (χ4v) is 2.87. The van der Waals surface area contributed by atoms with Crippen LogP contribution < -0.4 is 5.32 Å². The number of halogens is 2. The van der Waals surface area contributed by atoms with Crippen LogP contribution in [-0.4, -0.2) is 24.2 Å². The van der Waals surface area contributed by atoms with E-state index in [-0.39, 0.29) is 17.3 Å². The monoisotopic (exact) mass is 347 g/mol. The van der Waals surface area contributed by atoms with Gasteiger partial charge in [0.2, 0.25) is 5.91 Å². The summed E-state index contributed by atoms with van der Waals surface area (Å²) in [6.07, 6.45) is 2.21. The number of carbonyl (C=O) groups excluding carboxylic acids is 1. The van der Waals surface area contributed by atoms with Crippen LogP contribution in [0.2, 0.25) is 5.02 Å². The molecular formula is C13H15BrClNO3. The number of benzene rings is 1. The highest BCUT2D eigenvalue weighted by Gasteiger charge is 2.18. The Morgan fingerprint density at radius 2 is 2.37 bits per heavy atom. The molecule has 1 heterocycles. The number of amides is 1. The summed E-state index contributed by atoms with van der Waals surface area (Å²) in [6, 6.07) is 3.12. The zero-order valence-electron chi connectivity index (χ0n) is 10.3. The van der Waals surface area contributed by atoms with Gasteiger partial charge in [0.1, 0.15) is 11.4 Å². The molecule has 1 fully saturated rings. The van der Waals surface area contributed by atoms with Crippen LogP contribution in [0.25, 0.3) is 0 Å². The molecule has 4 nitrogen and oxygen atoms in total. The molecule has 1 aliphatic rings. The topological polar surface area (TPSA) is 58.6 Å².